The van der Waals surface area contributed by atoms with Crippen LogP contribution in [-0.2, 0) is 9.84 Å². The minimum absolute atomic E-state index is 0.0148. The van der Waals surface area contributed by atoms with Crippen LogP contribution in [0, 0.1) is 0 Å². The monoisotopic (exact) mass is 480 g/mol. The Balaban J connectivity index is 1.64. The van der Waals surface area contributed by atoms with Crippen LogP contribution < -0.4 is 4.74 Å². The summed E-state index contributed by atoms with van der Waals surface area (Å²) in [5.41, 5.74) is 1.92. The van der Waals surface area contributed by atoms with Gasteiger partial charge in [0.2, 0.25) is 9.84 Å². The highest BCUT2D eigenvalue weighted by molar-refractivity contribution is 9.10. The zero-order valence-corrected chi connectivity index (χ0v) is 18.1. The fourth-order valence-corrected chi connectivity index (χ4v) is 4.89. The minimum Gasteiger partial charge on any atom is -0.508 e. The molecule has 0 amide bonds. The first-order valence-electron chi connectivity index (χ1n) is 9.11. The molecule has 1 N–H and O–H groups in total. The van der Waals surface area contributed by atoms with E-state index in [1.165, 1.54) is 36.4 Å². The van der Waals surface area contributed by atoms with Gasteiger partial charge in [0.1, 0.15) is 17.2 Å². The summed E-state index contributed by atoms with van der Waals surface area (Å²) < 4.78 is 32.5. The van der Waals surface area contributed by atoms with Crippen molar-refractivity contribution in [3.63, 3.8) is 0 Å². The number of benzene rings is 4. The molecule has 0 saturated carbocycles. The standard InChI is InChI=1S/C24H17BrO4S/c25-22-7-4-8-23(24(22)17-5-2-1-3-6-17)29-19-11-15-21(16-12-19)30(27,28)20-13-9-18(26)10-14-20/h1-16,26H. The van der Waals surface area contributed by atoms with Gasteiger partial charge in [-0.3, -0.25) is 0 Å². The molecule has 0 aliphatic rings. The number of sulfone groups is 1. The maximum Gasteiger partial charge on any atom is 0.206 e. The molecular formula is C24H17BrO4S. The van der Waals surface area contributed by atoms with Crippen LogP contribution in [0.4, 0.5) is 0 Å². The normalized spacial score (nSPS) is 11.2. The predicted octanol–water partition coefficient (Wildman–Crippen LogP) is 6.45. The Morgan fingerprint density at radius 3 is 1.93 bits per heavy atom. The number of ether oxygens (including phenoxy) is 1. The molecule has 0 radical (unpaired) electrons. The van der Waals surface area contributed by atoms with Gasteiger partial charge in [-0.2, -0.15) is 0 Å². The molecule has 0 atom stereocenters. The van der Waals surface area contributed by atoms with Crippen LogP contribution in [0.15, 0.2) is 111 Å². The molecule has 0 spiro atoms. The van der Waals surface area contributed by atoms with E-state index in [1.54, 1.807) is 12.1 Å². The Hall–Kier alpha value is -3.09. The van der Waals surface area contributed by atoms with Crippen LogP contribution in [0.2, 0.25) is 0 Å². The van der Waals surface area contributed by atoms with Gasteiger partial charge in [-0.25, -0.2) is 8.42 Å². The van der Waals surface area contributed by atoms with Crippen molar-refractivity contribution < 1.29 is 18.3 Å². The molecule has 0 heterocycles. The van der Waals surface area contributed by atoms with Crippen LogP contribution in [-0.4, -0.2) is 13.5 Å². The largest absolute Gasteiger partial charge is 0.508 e. The summed E-state index contributed by atoms with van der Waals surface area (Å²) in [6, 6.07) is 27.3. The summed E-state index contributed by atoms with van der Waals surface area (Å²) in [6.07, 6.45) is 0. The second kappa shape index (κ2) is 8.34. The molecular weight excluding hydrogens is 464 g/mol. The summed E-state index contributed by atoms with van der Waals surface area (Å²) in [6.45, 7) is 0. The molecule has 0 aliphatic heterocycles. The second-order valence-electron chi connectivity index (χ2n) is 6.55. The number of aromatic hydroxyl groups is 1. The highest BCUT2D eigenvalue weighted by Crippen LogP contribution is 2.39. The van der Waals surface area contributed by atoms with Crippen LogP contribution in [0.25, 0.3) is 11.1 Å². The van der Waals surface area contributed by atoms with Gasteiger partial charge in [0.25, 0.3) is 0 Å². The molecule has 4 nitrogen and oxygen atoms in total. The van der Waals surface area contributed by atoms with Crippen LogP contribution >= 0.6 is 15.9 Å². The van der Waals surface area contributed by atoms with Crippen molar-refractivity contribution in [2.75, 3.05) is 0 Å². The molecule has 0 aliphatic carbocycles. The SMILES string of the molecule is O=S(=O)(c1ccc(O)cc1)c1ccc(Oc2cccc(Br)c2-c2ccccc2)cc1. The lowest BCUT2D eigenvalue weighted by atomic mass is 10.0. The van der Waals surface area contributed by atoms with Crippen LogP contribution in [0.3, 0.4) is 0 Å². The van der Waals surface area contributed by atoms with Gasteiger partial charge >= 0.3 is 0 Å². The van der Waals surface area contributed by atoms with E-state index in [0.717, 1.165) is 15.6 Å². The fourth-order valence-electron chi connectivity index (χ4n) is 3.05. The molecule has 30 heavy (non-hydrogen) atoms. The van der Waals surface area contributed by atoms with Gasteiger partial charge in [-0.1, -0.05) is 52.3 Å². The maximum absolute atomic E-state index is 12.8. The Morgan fingerprint density at radius 1 is 0.700 bits per heavy atom. The van der Waals surface area contributed by atoms with Crippen molar-refractivity contribution in [3.05, 3.63) is 102 Å². The summed E-state index contributed by atoms with van der Waals surface area (Å²) in [4.78, 5) is 0.269. The average Bonchev–Trinajstić information content (AvgIpc) is 2.75. The molecule has 0 aromatic heterocycles. The van der Waals surface area contributed by atoms with E-state index in [0.29, 0.717) is 11.5 Å². The Bertz CT molecular complexity index is 1270. The highest BCUT2D eigenvalue weighted by atomic mass is 79.9. The van der Waals surface area contributed by atoms with Crippen molar-refractivity contribution in [1.82, 2.24) is 0 Å². The van der Waals surface area contributed by atoms with Crippen molar-refractivity contribution >= 4 is 25.8 Å². The lowest BCUT2D eigenvalue weighted by molar-refractivity contribution is 0.475. The van der Waals surface area contributed by atoms with E-state index >= 15 is 0 Å². The van der Waals surface area contributed by atoms with Crippen LogP contribution in [0.5, 0.6) is 17.2 Å². The Morgan fingerprint density at radius 2 is 1.30 bits per heavy atom. The minimum atomic E-state index is -3.68. The van der Waals surface area contributed by atoms with Crippen LogP contribution in [0.1, 0.15) is 0 Å². The molecule has 4 aromatic carbocycles. The highest BCUT2D eigenvalue weighted by Gasteiger charge is 2.18. The Labute approximate surface area is 183 Å². The lowest BCUT2D eigenvalue weighted by Gasteiger charge is -2.13. The maximum atomic E-state index is 12.8. The second-order valence-corrected chi connectivity index (χ2v) is 9.35. The Kier molecular flexibility index (Phi) is 5.61. The molecule has 0 saturated heterocycles. The molecule has 4 rings (SSSR count). The number of hydrogen-bond acceptors (Lipinski definition) is 4. The van der Waals surface area contributed by atoms with Gasteiger partial charge in [0, 0.05) is 10.0 Å². The quantitative estimate of drug-likeness (QED) is 0.356. The van der Waals surface area contributed by atoms with Crippen molar-refractivity contribution in [1.29, 1.82) is 0 Å². The van der Waals surface area contributed by atoms with Gasteiger partial charge in [0.15, 0.2) is 0 Å². The first-order valence-corrected chi connectivity index (χ1v) is 11.4. The van der Waals surface area contributed by atoms with E-state index < -0.39 is 9.84 Å². The topological polar surface area (TPSA) is 63.6 Å². The number of hydrogen-bond donors (Lipinski definition) is 1. The molecule has 0 fully saturated rings. The summed E-state index contributed by atoms with van der Waals surface area (Å²) >= 11 is 3.59. The molecule has 0 unspecified atom stereocenters. The van der Waals surface area contributed by atoms with Gasteiger partial charge in [-0.05, 0) is 66.2 Å². The smallest absolute Gasteiger partial charge is 0.206 e. The fraction of sp³-hybridized carbons (Fsp3) is 0. The first kappa shape index (κ1) is 20.2. The summed E-state index contributed by atoms with van der Waals surface area (Å²) in [5, 5.41) is 9.38. The third-order valence-electron chi connectivity index (χ3n) is 4.55. The van der Waals surface area contributed by atoms with E-state index in [-0.39, 0.29) is 15.5 Å². The third kappa shape index (κ3) is 4.10. The molecule has 4 aromatic rings. The number of halogens is 1. The molecule has 6 heteroatoms. The zero-order valence-electron chi connectivity index (χ0n) is 15.7. The van der Waals surface area contributed by atoms with Gasteiger partial charge < -0.3 is 9.84 Å². The van der Waals surface area contributed by atoms with Crippen molar-refractivity contribution in [3.8, 4) is 28.4 Å². The van der Waals surface area contributed by atoms with E-state index in [9.17, 15) is 13.5 Å². The van der Waals surface area contributed by atoms with E-state index in [4.69, 9.17) is 4.74 Å². The number of rotatable bonds is 5. The lowest BCUT2D eigenvalue weighted by Crippen LogP contribution is -2.01. The van der Waals surface area contributed by atoms with E-state index in [2.05, 4.69) is 15.9 Å². The number of phenols is 1. The first-order chi connectivity index (χ1) is 14.4. The average molecular weight is 481 g/mol. The van der Waals surface area contributed by atoms with Crippen molar-refractivity contribution in [2.24, 2.45) is 0 Å². The summed E-state index contributed by atoms with van der Waals surface area (Å²) in [5.74, 6) is 1.19. The predicted molar refractivity (Wildman–Crippen MR) is 120 cm³/mol. The molecule has 150 valence electrons. The van der Waals surface area contributed by atoms with E-state index in [1.807, 2.05) is 48.5 Å². The third-order valence-corrected chi connectivity index (χ3v) is 6.99. The zero-order chi connectivity index (χ0) is 21.1. The number of phenolic OH excluding ortho intramolecular Hbond substituents is 1. The van der Waals surface area contributed by atoms with Gasteiger partial charge in [-0.15, -0.1) is 0 Å². The molecule has 0 bridgehead atoms. The summed E-state index contributed by atoms with van der Waals surface area (Å²) in [7, 11) is -3.68. The van der Waals surface area contributed by atoms with Crippen molar-refractivity contribution in [2.45, 2.75) is 9.79 Å². The van der Waals surface area contributed by atoms with Gasteiger partial charge in [0.05, 0.1) is 9.79 Å².